The molecule has 1 aromatic carbocycles. The fourth-order valence-electron chi connectivity index (χ4n) is 2.08. The van der Waals surface area contributed by atoms with E-state index in [0.717, 1.165) is 28.8 Å². The highest BCUT2D eigenvalue weighted by Gasteiger charge is 2.07. The highest BCUT2D eigenvalue weighted by atomic mass is 16.5. The lowest BCUT2D eigenvalue weighted by Crippen LogP contribution is -2.01. The lowest BCUT2D eigenvalue weighted by molar-refractivity contribution is 0.415. The summed E-state index contributed by atoms with van der Waals surface area (Å²) in [4.78, 5) is 4.34. The zero-order valence-electron chi connectivity index (χ0n) is 12.0. The smallest absolute Gasteiger partial charge is 0.235 e. The number of aromatic nitrogens is 3. The fraction of sp³-hybridized carbons (Fsp3) is 0.267. The number of pyridine rings is 1. The van der Waals surface area contributed by atoms with Crippen molar-refractivity contribution in [1.82, 2.24) is 15.2 Å². The first-order valence-corrected chi connectivity index (χ1v) is 6.78. The van der Waals surface area contributed by atoms with Crippen molar-refractivity contribution in [3.05, 3.63) is 42.2 Å². The minimum Gasteiger partial charge on any atom is -0.497 e. The largest absolute Gasteiger partial charge is 0.497 e. The van der Waals surface area contributed by atoms with Gasteiger partial charge in [0.2, 0.25) is 11.8 Å². The topological polar surface area (TPSA) is 73.1 Å². The summed E-state index contributed by atoms with van der Waals surface area (Å²) >= 11 is 0. The molecular formula is C15H16N4O2. The molecule has 108 valence electrons. The summed E-state index contributed by atoms with van der Waals surface area (Å²) < 4.78 is 10.7. The summed E-state index contributed by atoms with van der Waals surface area (Å²) in [6.07, 6.45) is 2.50. The third-order valence-electron chi connectivity index (χ3n) is 3.19. The van der Waals surface area contributed by atoms with E-state index in [2.05, 4.69) is 20.5 Å². The zero-order valence-corrected chi connectivity index (χ0v) is 12.0. The Hall–Kier alpha value is -2.63. The van der Waals surface area contributed by atoms with E-state index in [9.17, 15) is 0 Å². The molecule has 0 atom stereocenters. The Kier molecular flexibility index (Phi) is 3.68. The van der Waals surface area contributed by atoms with Crippen LogP contribution in [-0.2, 0) is 13.0 Å². The van der Waals surface area contributed by atoms with Gasteiger partial charge in [-0.2, -0.15) is 0 Å². The second kappa shape index (κ2) is 5.78. The van der Waals surface area contributed by atoms with Crippen molar-refractivity contribution in [2.45, 2.75) is 19.9 Å². The van der Waals surface area contributed by atoms with Crippen LogP contribution in [0.2, 0.25) is 0 Å². The van der Waals surface area contributed by atoms with Gasteiger partial charge in [-0.05, 0) is 24.3 Å². The minimum absolute atomic E-state index is 0.476. The van der Waals surface area contributed by atoms with Gasteiger partial charge in [0.15, 0.2) is 0 Å². The molecule has 0 bridgehead atoms. The number of aryl methyl sites for hydroxylation is 1. The molecule has 0 aliphatic heterocycles. The molecule has 3 aromatic rings. The number of anilines is 1. The Labute approximate surface area is 122 Å². The Morgan fingerprint density at radius 1 is 1.19 bits per heavy atom. The van der Waals surface area contributed by atoms with Crippen LogP contribution < -0.4 is 10.1 Å². The van der Waals surface area contributed by atoms with E-state index in [1.165, 1.54) is 0 Å². The van der Waals surface area contributed by atoms with Gasteiger partial charge in [-0.25, -0.2) is 0 Å². The first kappa shape index (κ1) is 13.4. The van der Waals surface area contributed by atoms with Crippen LogP contribution in [0.1, 0.15) is 18.7 Å². The molecular weight excluding hydrogens is 268 g/mol. The van der Waals surface area contributed by atoms with Gasteiger partial charge in [-0.1, -0.05) is 6.92 Å². The monoisotopic (exact) mass is 284 g/mol. The number of hydrogen-bond donors (Lipinski definition) is 1. The predicted molar refractivity (Wildman–Crippen MR) is 79.3 cm³/mol. The van der Waals surface area contributed by atoms with Gasteiger partial charge in [-0.3, -0.25) is 4.98 Å². The van der Waals surface area contributed by atoms with E-state index in [1.54, 1.807) is 13.3 Å². The number of methoxy groups -OCH3 is 1. The Morgan fingerprint density at radius 2 is 2.05 bits per heavy atom. The van der Waals surface area contributed by atoms with Crippen molar-refractivity contribution in [2.24, 2.45) is 0 Å². The second-order valence-electron chi connectivity index (χ2n) is 4.54. The van der Waals surface area contributed by atoms with Gasteiger partial charge in [0.1, 0.15) is 5.75 Å². The summed E-state index contributed by atoms with van der Waals surface area (Å²) in [5.41, 5.74) is 1.86. The quantitative estimate of drug-likeness (QED) is 0.776. The normalized spacial score (nSPS) is 10.8. The minimum atomic E-state index is 0.476. The number of hydrogen-bond acceptors (Lipinski definition) is 6. The fourth-order valence-corrected chi connectivity index (χ4v) is 2.08. The maximum absolute atomic E-state index is 5.49. The zero-order chi connectivity index (χ0) is 14.7. The van der Waals surface area contributed by atoms with Gasteiger partial charge in [0.25, 0.3) is 0 Å². The molecule has 0 fully saturated rings. The van der Waals surface area contributed by atoms with E-state index >= 15 is 0 Å². The Balaban J connectivity index is 1.85. The Bertz CT molecular complexity index is 754. The first-order valence-electron chi connectivity index (χ1n) is 6.78. The van der Waals surface area contributed by atoms with Crippen LogP contribution in [0.5, 0.6) is 5.75 Å². The summed E-state index contributed by atoms with van der Waals surface area (Å²) in [6.45, 7) is 2.46. The molecule has 0 spiro atoms. The molecule has 0 radical (unpaired) electrons. The third kappa shape index (κ3) is 2.79. The van der Waals surface area contributed by atoms with E-state index < -0.39 is 0 Å². The van der Waals surface area contributed by atoms with E-state index in [1.807, 2.05) is 31.2 Å². The van der Waals surface area contributed by atoms with Gasteiger partial charge in [0.05, 0.1) is 19.2 Å². The van der Waals surface area contributed by atoms with Gasteiger partial charge < -0.3 is 14.5 Å². The van der Waals surface area contributed by atoms with E-state index in [0.29, 0.717) is 18.3 Å². The molecule has 0 aliphatic rings. The van der Waals surface area contributed by atoms with Crippen molar-refractivity contribution in [1.29, 1.82) is 0 Å². The van der Waals surface area contributed by atoms with Crippen LogP contribution in [-0.4, -0.2) is 22.3 Å². The standard InChI is InChI=1S/C15H16N4O2/c1-3-14-18-19-15(21-14)9-17-13-6-7-16-12-5-4-10(20-2)8-11(12)13/h4-8H,3,9H2,1-2H3,(H,16,17). The third-order valence-corrected chi connectivity index (χ3v) is 3.19. The summed E-state index contributed by atoms with van der Waals surface area (Å²) in [5, 5.41) is 12.2. The molecule has 6 nitrogen and oxygen atoms in total. The number of rotatable bonds is 5. The maximum atomic E-state index is 5.49. The molecule has 1 N–H and O–H groups in total. The van der Waals surface area contributed by atoms with Crippen molar-refractivity contribution >= 4 is 16.6 Å². The average Bonchev–Trinajstić information content (AvgIpc) is 3.00. The van der Waals surface area contributed by atoms with Crippen molar-refractivity contribution in [2.75, 3.05) is 12.4 Å². The maximum Gasteiger partial charge on any atom is 0.235 e. The molecule has 21 heavy (non-hydrogen) atoms. The number of fused-ring (bicyclic) bond motifs is 1. The summed E-state index contributed by atoms with van der Waals surface area (Å²) in [6, 6.07) is 7.70. The summed E-state index contributed by atoms with van der Waals surface area (Å²) in [7, 11) is 1.65. The molecule has 0 saturated heterocycles. The van der Waals surface area contributed by atoms with Crippen molar-refractivity contribution in [3.63, 3.8) is 0 Å². The molecule has 6 heteroatoms. The number of ether oxygens (including phenoxy) is 1. The van der Waals surface area contributed by atoms with Crippen molar-refractivity contribution < 1.29 is 9.15 Å². The average molecular weight is 284 g/mol. The van der Waals surface area contributed by atoms with E-state index in [4.69, 9.17) is 9.15 Å². The van der Waals surface area contributed by atoms with Crippen LogP contribution in [0.25, 0.3) is 10.9 Å². The molecule has 0 unspecified atom stereocenters. The predicted octanol–water partition coefficient (Wildman–Crippen LogP) is 2.80. The molecule has 0 amide bonds. The molecule has 0 aliphatic carbocycles. The lowest BCUT2D eigenvalue weighted by Gasteiger charge is -2.08. The van der Waals surface area contributed by atoms with Crippen LogP contribution in [0.15, 0.2) is 34.9 Å². The van der Waals surface area contributed by atoms with E-state index in [-0.39, 0.29) is 0 Å². The first-order chi connectivity index (χ1) is 10.3. The van der Waals surface area contributed by atoms with Crippen LogP contribution in [0, 0.1) is 0 Å². The molecule has 2 aromatic heterocycles. The van der Waals surface area contributed by atoms with Gasteiger partial charge in [0, 0.05) is 23.7 Å². The SMILES string of the molecule is CCc1nnc(CNc2ccnc3ccc(OC)cc23)o1. The molecule has 0 saturated carbocycles. The molecule has 2 heterocycles. The Morgan fingerprint density at radius 3 is 2.81 bits per heavy atom. The highest BCUT2D eigenvalue weighted by Crippen LogP contribution is 2.26. The summed E-state index contributed by atoms with van der Waals surface area (Å²) in [5.74, 6) is 2.01. The highest BCUT2D eigenvalue weighted by molar-refractivity contribution is 5.91. The second-order valence-corrected chi connectivity index (χ2v) is 4.54. The lowest BCUT2D eigenvalue weighted by atomic mass is 10.2. The van der Waals surface area contributed by atoms with Gasteiger partial charge in [-0.15, -0.1) is 10.2 Å². The van der Waals surface area contributed by atoms with Gasteiger partial charge >= 0.3 is 0 Å². The number of nitrogens with one attached hydrogen (secondary N) is 1. The van der Waals surface area contributed by atoms with Crippen LogP contribution in [0.4, 0.5) is 5.69 Å². The number of nitrogens with zero attached hydrogens (tertiary/aromatic N) is 3. The van der Waals surface area contributed by atoms with Crippen LogP contribution >= 0.6 is 0 Å². The van der Waals surface area contributed by atoms with Crippen molar-refractivity contribution in [3.8, 4) is 5.75 Å². The number of benzene rings is 1. The molecule has 3 rings (SSSR count). The van der Waals surface area contributed by atoms with Crippen LogP contribution in [0.3, 0.4) is 0 Å².